The van der Waals surface area contributed by atoms with Gasteiger partial charge in [0.2, 0.25) is 0 Å². The van der Waals surface area contributed by atoms with E-state index < -0.39 is 11.7 Å². The monoisotopic (exact) mass is 291 g/mol. The zero-order valence-electron chi connectivity index (χ0n) is 11.5. The predicted molar refractivity (Wildman–Crippen MR) is 77.5 cm³/mol. The molecule has 0 saturated carbocycles. The van der Waals surface area contributed by atoms with Crippen molar-refractivity contribution in [3.8, 4) is 0 Å². The number of rotatable bonds is 2. The van der Waals surface area contributed by atoms with Gasteiger partial charge in [0.15, 0.2) is 0 Å². The second-order valence-electron chi connectivity index (χ2n) is 5.35. The van der Waals surface area contributed by atoms with Gasteiger partial charge in [0, 0.05) is 12.2 Å². The summed E-state index contributed by atoms with van der Waals surface area (Å²) in [6.07, 6.45) is -1.70. The van der Waals surface area contributed by atoms with Crippen LogP contribution in [0.15, 0.2) is 42.5 Å². The third-order valence-electron chi connectivity index (χ3n) is 3.84. The normalized spacial score (nSPS) is 14.4. The van der Waals surface area contributed by atoms with Crippen molar-refractivity contribution in [2.75, 3.05) is 11.9 Å². The lowest BCUT2D eigenvalue weighted by molar-refractivity contribution is -0.137. The van der Waals surface area contributed by atoms with Gasteiger partial charge in [-0.2, -0.15) is 13.2 Å². The van der Waals surface area contributed by atoms with Gasteiger partial charge in [-0.1, -0.05) is 30.3 Å². The van der Waals surface area contributed by atoms with Crippen LogP contribution in [0, 0.1) is 0 Å². The number of halogens is 3. The predicted octanol–water partition coefficient (Wildman–Crippen LogP) is 4.65. The molecule has 2 aromatic carbocycles. The topological polar surface area (TPSA) is 12.0 Å². The summed E-state index contributed by atoms with van der Waals surface area (Å²) in [5.41, 5.74) is 3.58. The van der Waals surface area contributed by atoms with Crippen LogP contribution in [0.5, 0.6) is 0 Å². The molecule has 1 nitrogen and oxygen atoms in total. The highest BCUT2D eigenvalue weighted by atomic mass is 19.4. The van der Waals surface area contributed by atoms with Crippen LogP contribution in [-0.2, 0) is 19.0 Å². The van der Waals surface area contributed by atoms with Crippen LogP contribution in [-0.4, -0.2) is 6.54 Å². The highest BCUT2D eigenvalue weighted by Crippen LogP contribution is 2.31. The zero-order chi connectivity index (χ0) is 14.9. The van der Waals surface area contributed by atoms with Crippen molar-refractivity contribution >= 4 is 5.69 Å². The van der Waals surface area contributed by atoms with E-state index in [1.54, 1.807) is 6.07 Å². The first-order chi connectivity index (χ1) is 10.0. The molecule has 0 atom stereocenters. The van der Waals surface area contributed by atoms with E-state index in [1.165, 1.54) is 17.7 Å². The van der Waals surface area contributed by atoms with Crippen molar-refractivity contribution in [3.63, 3.8) is 0 Å². The largest absolute Gasteiger partial charge is 0.416 e. The molecule has 4 heteroatoms. The Kier molecular flexibility index (Phi) is 3.62. The van der Waals surface area contributed by atoms with Crippen molar-refractivity contribution in [1.29, 1.82) is 0 Å². The Labute approximate surface area is 121 Å². The molecule has 21 heavy (non-hydrogen) atoms. The minimum atomic E-state index is -4.28. The summed E-state index contributed by atoms with van der Waals surface area (Å²) in [5, 5.41) is 3.34. The molecule has 1 N–H and O–H groups in total. The summed E-state index contributed by atoms with van der Waals surface area (Å²) in [7, 11) is 0. The van der Waals surface area contributed by atoms with Gasteiger partial charge < -0.3 is 5.32 Å². The Morgan fingerprint density at radius 1 is 1.05 bits per heavy atom. The first kappa shape index (κ1) is 14.0. The molecule has 0 saturated heterocycles. The summed E-state index contributed by atoms with van der Waals surface area (Å²) >= 11 is 0. The van der Waals surface area contributed by atoms with E-state index in [2.05, 4.69) is 5.32 Å². The molecule has 2 aromatic rings. The fourth-order valence-corrected chi connectivity index (χ4v) is 2.83. The van der Waals surface area contributed by atoms with Crippen molar-refractivity contribution in [1.82, 2.24) is 0 Å². The van der Waals surface area contributed by atoms with E-state index >= 15 is 0 Å². The molecule has 0 radical (unpaired) electrons. The minimum Gasteiger partial charge on any atom is -0.385 e. The Morgan fingerprint density at radius 2 is 1.86 bits per heavy atom. The van der Waals surface area contributed by atoms with Crippen molar-refractivity contribution in [2.24, 2.45) is 0 Å². The average Bonchev–Trinajstić information content (AvgIpc) is 2.47. The smallest absolute Gasteiger partial charge is 0.385 e. The maximum absolute atomic E-state index is 12.8. The molecule has 110 valence electrons. The number of hydrogen-bond donors (Lipinski definition) is 1. The number of benzene rings is 2. The van der Waals surface area contributed by atoms with E-state index in [-0.39, 0.29) is 0 Å². The van der Waals surface area contributed by atoms with Crippen molar-refractivity contribution in [3.05, 3.63) is 64.7 Å². The highest BCUT2D eigenvalue weighted by Gasteiger charge is 2.30. The zero-order valence-corrected chi connectivity index (χ0v) is 11.5. The lowest BCUT2D eigenvalue weighted by Gasteiger charge is -2.21. The SMILES string of the molecule is FC(F)(F)c1cccc(Cc2cccc3c2CCCN3)c1. The molecule has 1 aliphatic heterocycles. The Balaban J connectivity index is 1.91. The van der Waals surface area contributed by atoms with Crippen LogP contribution in [0.2, 0.25) is 0 Å². The maximum atomic E-state index is 12.8. The van der Waals surface area contributed by atoms with Crippen LogP contribution >= 0.6 is 0 Å². The van der Waals surface area contributed by atoms with Gasteiger partial charge in [0.05, 0.1) is 5.56 Å². The van der Waals surface area contributed by atoms with Crippen molar-refractivity contribution < 1.29 is 13.2 Å². The molecule has 0 aromatic heterocycles. The molecule has 0 amide bonds. The molecular formula is C17H16F3N. The lowest BCUT2D eigenvalue weighted by Crippen LogP contribution is -2.13. The number of alkyl halides is 3. The molecular weight excluding hydrogens is 275 g/mol. The van der Waals surface area contributed by atoms with E-state index in [9.17, 15) is 13.2 Å². The minimum absolute atomic E-state index is 0.536. The van der Waals surface area contributed by atoms with Gasteiger partial charge in [-0.15, -0.1) is 0 Å². The quantitative estimate of drug-likeness (QED) is 0.849. The average molecular weight is 291 g/mol. The van der Waals surface area contributed by atoms with E-state index in [0.717, 1.165) is 36.7 Å². The first-order valence-electron chi connectivity index (χ1n) is 7.05. The lowest BCUT2D eigenvalue weighted by atomic mass is 9.93. The van der Waals surface area contributed by atoms with Crippen LogP contribution in [0.4, 0.5) is 18.9 Å². The van der Waals surface area contributed by atoms with Crippen molar-refractivity contribution in [2.45, 2.75) is 25.4 Å². The second kappa shape index (κ2) is 5.43. The van der Waals surface area contributed by atoms with E-state index in [4.69, 9.17) is 0 Å². The summed E-state index contributed by atoms with van der Waals surface area (Å²) in [6, 6.07) is 11.6. The van der Waals surface area contributed by atoms with Gasteiger partial charge in [-0.3, -0.25) is 0 Å². The second-order valence-corrected chi connectivity index (χ2v) is 5.35. The van der Waals surface area contributed by atoms with Crippen LogP contribution < -0.4 is 5.32 Å². The van der Waals surface area contributed by atoms with Gasteiger partial charge in [-0.05, 0) is 48.1 Å². The first-order valence-corrected chi connectivity index (χ1v) is 7.05. The van der Waals surface area contributed by atoms with Crippen LogP contribution in [0.3, 0.4) is 0 Å². The molecule has 0 unspecified atom stereocenters. The van der Waals surface area contributed by atoms with Gasteiger partial charge in [0.1, 0.15) is 0 Å². The molecule has 0 bridgehead atoms. The number of nitrogens with one attached hydrogen (secondary N) is 1. The van der Waals surface area contributed by atoms with Gasteiger partial charge >= 0.3 is 6.18 Å². The Bertz CT molecular complexity index is 647. The van der Waals surface area contributed by atoms with Crippen LogP contribution in [0.25, 0.3) is 0 Å². The standard InChI is InChI=1S/C17H16F3N/c18-17(19,20)14-6-1-4-12(11-14)10-13-5-2-8-16-15(13)7-3-9-21-16/h1-2,4-6,8,11,21H,3,7,9-10H2. The maximum Gasteiger partial charge on any atom is 0.416 e. The van der Waals surface area contributed by atoms with E-state index in [0.29, 0.717) is 12.0 Å². The summed E-state index contributed by atoms with van der Waals surface area (Å²) in [4.78, 5) is 0. The van der Waals surface area contributed by atoms with E-state index in [1.807, 2.05) is 18.2 Å². The molecule has 0 aliphatic carbocycles. The fourth-order valence-electron chi connectivity index (χ4n) is 2.83. The molecule has 0 spiro atoms. The molecule has 1 aliphatic rings. The number of hydrogen-bond acceptors (Lipinski definition) is 1. The van der Waals surface area contributed by atoms with Crippen LogP contribution in [0.1, 0.15) is 28.7 Å². The molecule has 3 rings (SSSR count). The number of fused-ring (bicyclic) bond motifs is 1. The third kappa shape index (κ3) is 3.04. The Morgan fingerprint density at radius 3 is 2.67 bits per heavy atom. The summed E-state index contributed by atoms with van der Waals surface area (Å²) < 4.78 is 38.3. The number of anilines is 1. The summed E-state index contributed by atoms with van der Waals surface area (Å²) in [5.74, 6) is 0. The molecule has 1 heterocycles. The summed E-state index contributed by atoms with van der Waals surface area (Å²) in [6.45, 7) is 0.958. The molecule has 0 fully saturated rings. The fraction of sp³-hybridized carbons (Fsp3) is 0.294. The highest BCUT2D eigenvalue weighted by molar-refractivity contribution is 5.57. The van der Waals surface area contributed by atoms with Gasteiger partial charge in [-0.25, -0.2) is 0 Å². The Hall–Kier alpha value is -1.97. The third-order valence-corrected chi connectivity index (χ3v) is 3.84. The van der Waals surface area contributed by atoms with Gasteiger partial charge in [0.25, 0.3) is 0 Å².